The number of carboxylic acid groups (broad SMARTS) is 1. The molecule has 1 N–H and O–H groups in total. The van der Waals surface area contributed by atoms with Gasteiger partial charge >= 0.3 is 5.97 Å². The fourth-order valence-corrected chi connectivity index (χ4v) is 1.69. The summed E-state index contributed by atoms with van der Waals surface area (Å²) in [5, 5.41) is 17.3. The van der Waals surface area contributed by atoms with E-state index in [0.717, 1.165) is 0 Å². The summed E-state index contributed by atoms with van der Waals surface area (Å²) >= 11 is 0. The SMILES string of the molecule is COCCCOc1c(C(=O)O)nnc2ccccc12. The van der Waals surface area contributed by atoms with Crippen LogP contribution in [0, 0.1) is 0 Å². The Labute approximate surface area is 110 Å². The molecule has 0 aliphatic rings. The number of aromatic carboxylic acids is 1. The molecule has 0 saturated carbocycles. The van der Waals surface area contributed by atoms with Crippen LogP contribution in [0.3, 0.4) is 0 Å². The zero-order valence-electron chi connectivity index (χ0n) is 10.5. The highest BCUT2D eigenvalue weighted by Gasteiger charge is 2.17. The predicted molar refractivity (Wildman–Crippen MR) is 68.5 cm³/mol. The second kappa shape index (κ2) is 6.10. The molecule has 6 heteroatoms. The van der Waals surface area contributed by atoms with Crippen molar-refractivity contribution in [2.24, 2.45) is 0 Å². The lowest BCUT2D eigenvalue weighted by molar-refractivity contribution is 0.0684. The summed E-state index contributed by atoms with van der Waals surface area (Å²) in [6, 6.07) is 7.14. The van der Waals surface area contributed by atoms with Gasteiger partial charge in [-0.3, -0.25) is 0 Å². The lowest BCUT2D eigenvalue weighted by atomic mass is 10.2. The molecule has 0 spiro atoms. The van der Waals surface area contributed by atoms with Crippen molar-refractivity contribution < 1.29 is 19.4 Å². The molecule has 0 fully saturated rings. The van der Waals surface area contributed by atoms with Crippen LogP contribution in [0.25, 0.3) is 10.9 Å². The van der Waals surface area contributed by atoms with Gasteiger partial charge < -0.3 is 14.6 Å². The average molecular weight is 262 g/mol. The Morgan fingerprint density at radius 1 is 1.26 bits per heavy atom. The third kappa shape index (κ3) is 2.97. The number of rotatable bonds is 6. The van der Waals surface area contributed by atoms with Gasteiger partial charge in [0, 0.05) is 25.5 Å². The van der Waals surface area contributed by atoms with Crippen LogP contribution in [0.15, 0.2) is 24.3 Å². The molecule has 1 heterocycles. The Bertz CT molecular complexity index is 586. The molecule has 0 aliphatic carbocycles. The van der Waals surface area contributed by atoms with E-state index in [1.807, 2.05) is 6.07 Å². The van der Waals surface area contributed by atoms with Crippen molar-refractivity contribution in [2.75, 3.05) is 20.3 Å². The molecular formula is C13H14N2O4. The number of hydrogen-bond donors (Lipinski definition) is 1. The molecule has 0 saturated heterocycles. The van der Waals surface area contributed by atoms with Gasteiger partial charge in [-0.1, -0.05) is 12.1 Å². The van der Waals surface area contributed by atoms with Gasteiger partial charge in [0.2, 0.25) is 5.69 Å². The highest BCUT2D eigenvalue weighted by Crippen LogP contribution is 2.26. The number of ether oxygens (including phenoxy) is 2. The number of hydrogen-bond acceptors (Lipinski definition) is 5. The molecule has 1 aromatic carbocycles. The van der Waals surface area contributed by atoms with E-state index in [1.165, 1.54) is 0 Å². The summed E-state index contributed by atoms with van der Waals surface area (Å²) in [4.78, 5) is 11.1. The molecule has 2 aromatic rings. The number of benzene rings is 1. The fourth-order valence-electron chi connectivity index (χ4n) is 1.69. The molecule has 100 valence electrons. The molecule has 0 radical (unpaired) electrons. The first kappa shape index (κ1) is 13.2. The number of aromatic nitrogens is 2. The second-order valence-corrected chi connectivity index (χ2v) is 3.89. The van der Waals surface area contributed by atoms with Gasteiger partial charge in [-0.15, -0.1) is 10.2 Å². The van der Waals surface area contributed by atoms with Gasteiger partial charge in [0.15, 0.2) is 5.75 Å². The van der Waals surface area contributed by atoms with Crippen LogP contribution >= 0.6 is 0 Å². The zero-order chi connectivity index (χ0) is 13.7. The van der Waals surface area contributed by atoms with E-state index in [9.17, 15) is 4.79 Å². The number of nitrogens with zero attached hydrogens (tertiary/aromatic N) is 2. The second-order valence-electron chi connectivity index (χ2n) is 3.89. The van der Waals surface area contributed by atoms with Gasteiger partial charge in [-0.25, -0.2) is 4.79 Å². The Kier molecular flexibility index (Phi) is 4.25. The number of carbonyl (C=O) groups is 1. The Balaban J connectivity index is 2.35. The standard InChI is InChI=1S/C13H14N2O4/c1-18-7-4-8-19-12-9-5-2-3-6-10(9)14-15-11(12)13(16)17/h2-3,5-6H,4,7-8H2,1H3,(H,16,17). The summed E-state index contributed by atoms with van der Waals surface area (Å²) in [5.74, 6) is -0.894. The van der Waals surface area contributed by atoms with Gasteiger partial charge in [0.25, 0.3) is 0 Å². The van der Waals surface area contributed by atoms with E-state index in [0.29, 0.717) is 30.5 Å². The summed E-state index contributed by atoms with van der Waals surface area (Å²) < 4.78 is 10.5. The van der Waals surface area contributed by atoms with Crippen LogP contribution in [0.2, 0.25) is 0 Å². The quantitative estimate of drug-likeness (QED) is 0.798. The van der Waals surface area contributed by atoms with Crippen molar-refractivity contribution in [1.29, 1.82) is 0 Å². The van der Waals surface area contributed by atoms with Crippen LogP contribution in [-0.2, 0) is 4.74 Å². The Morgan fingerprint density at radius 3 is 2.79 bits per heavy atom. The van der Waals surface area contributed by atoms with Crippen LogP contribution in [0.4, 0.5) is 0 Å². The van der Waals surface area contributed by atoms with Crippen LogP contribution in [-0.4, -0.2) is 41.6 Å². The smallest absolute Gasteiger partial charge is 0.360 e. The minimum Gasteiger partial charge on any atom is -0.490 e. The van der Waals surface area contributed by atoms with E-state index in [-0.39, 0.29) is 11.4 Å². The maximum Gasteiger partial charge on any atom is 0.360 e. The lowest BCUT2D eigenvalue weighted by Gasteiger charge is -2.10. The van der Waals surface area contributed by atoms with E-state index >= 15 is 0 Å². The summed E-state index contributed by atoms with van der Waals surface area (Å²) in [6.45, 7) is 0.919. The Morgan fingerprint density at radius 2 is 2.05 bits per heavy atom. The van der Waals surface area contributed by atoms with Crippen LogP contribution in [0.5, 0.6) is 5.75 Å². The zero-order valence-corrected chi connectivity index (χ0v) is 10.5. The van der Waals surface area contributed by atoms with Gasteiger partial charge in [0.1, 0.15) is 0 Å². The molecule has 0 atom stereocenters. The minimum atomic E-state index is -1.15. The molecule has 1 aromatic heterocycles. The van der Waals surface area contributed by atoms with Crippen molar-refractivity contribution in [3.05, 3.63) is 30.0 Å². The van der Waals surface area contributed by atoms with Crippen molar-refractivity contribution in [3.8, 4) is 5.75 Å². The van der Waals surface area contributed by atoms with Crippen molar-refractivity contribution in [3.63, 3.8) is 0 Å². The largest absolute Gasteiger partial charge is 0.490 e. The first-order valence-corrected chi connectivity index (χ1v) is 5.84. The minimum absolute atomic E-state index is 0.170. The summed E-state index contributed by atoms with van der Waals surface area (Å²) in [7, 11) is 1.60. The predicted octanol–water partition coefficient (Wildman–Crippen LogP) is 1.74. The fraction of sp³-hybridized carbons (Fsp3) is 0.308. The van der Waals surface area contributed by atoms with E-state index in [1.54, 1.807) is 25.3 Å². The van der Waals surface area contributed by atoms with Gasteiger partial charge in [0.05, 0.1) is 12.1 Å². The van der Waals surface area contributed by atoms with Gasteiger partial charge in [-0.05, 0) is 12.1 Å². The van der Waals surface area contributed by atoms with Crippen molar-refractivity contribution in [1.82, 2.24) is 10.2 Å². The molecule has 2 rings (SSSR count). The van der Waals surface area contributed by atoms with E-state index < -0.39 is 5.97 Å². The maximum absolute atomic E-state index is 11.1. The van der Waals surface area contributed by atoms with Crippen LogP contribution < -0.4 is 4.74 Å². The monoisotopic (exact) mass is 262 g/mol. The average Bonchev–Trinajstić information content (AvgIpc) is 2.43. The number of fused-ring (bicyclic) bond motifs is 1. The molecule has 0 aliphatic heterocycles. The molecule has 6 nitrogen and oxygen atoms in total. The van der Waals surface area contributed by atoms with Crippen molar-refractivity contribution in [2.45, 2.75) is 6.42 Å². The molecule has 0 bridgehead atoms. The van der Waals surface area contributed by atoms with E-state index in [2.05, 4.69) is 10.2 Å². The molecule has 0 amide bonds. The molecule has 0 unspecified atom stereocenters. The first-order chi connectivity index (χ1) is 9.24. The Hall–Kier alpha value is -2.21. The van der Waals surface area contributed by atoms with Crippen LogP contribution in [0.1, 0.15) is 16.9 Å². The summed E-state index contributed by atoms with van der Waals surface area (Å²) in [5.41, 5.74) is 0.436. The number of carboxylic acids is 1. The highest BCUT2D eigenvalue weighted by atomic mass is 16.5. The topological polar surface area (TPSA) is 81.5 Å². The molecular weight excluding hydrogens is 248 g/mol. The normalized spacial score (nSPS) is 10.6. The number of methoxy groups -OCH3 is 1. The third-order valence-electron chi connectivity index (χ3n) is 2.56. The molecule has 19 heavy (non-hydrogen) atoms. The lowest BCUT2D eigenvalue weighted by Crippen LogP contribution is -2.09. The van der Waals surface area contributed by atoms with Gasteiger partial charge in [-0.2, -0.15) is 0 Å². The maximum atomic E-state index is 11.1. The summed E-state index contributed by atoms with van der Waals surface area (Å²) in [6.07, 6.45) is 0.673. The van der Waals surface area contributed by atoms with Crippen molar-refractivity contribution >= 4 is 16.9 Å². The third-order valence-corrected chi connectivity index (χ3v) is 2.56. The van der Waals surface area contributed by atoms with E-state index in [4.69, 9.17) is 14.6 Å². The first-order valence-electron chi connectivity index (χ1n) is 5.84. The highest BCUT2D eigenvalue weighted by molar-refractivity contribution is 5.96.